The second kappa shape index (κ2) is 6.25. The highest BCUT2D eigenvalue weighted by molar-refractivity contribution is 7.90. The minimum Gasteiger partial charge on any atom is -0.343 e. The lowest BCUT2D eigenvalue weighted by atomic mass is 10.1. The Balaban J connectivity index is 1.63. The van der Waals surface area contributed by atoms with Crippen molar-refractivity contribution >= 4 is 27.5 Å². The summed E-state index contributed by atoms with van der Waals surface area (Å²) in [7, 11) is -3.69. The summed E-state index contributed by atoms with van der Waals surface area (Å²) in [5, 5.41) is 2.94. The first-order chi connectivity index (χ1) is 12.5. The van der Waals surface area contributed by atoms with Crippen molar-refractivity contribution in [1.82, 2.24) is 4.90 Å². The van der Waals surface area contributed by atoms with Crippen LogP contribution in [0.15, 0.2) is 57.8 Å². The number of nitrogens with one attached hydrogen (secondary N) is 1. The molecule has 6 nitrogen and oxygen atoms in total. The third kappa shape index (κ3) is 2.88. The molecule has 1 N–H and O–H groups in total. The normalized spacial score (nSPS) is 20.6. The molecule has 0 aromatic heterocycles. The van der Waals surface area contributed by atoms with Gasteiger partial charge in [0, 0.05) is 17.8 Å². The SMILES string of the molecule is Cc1cccc(NC(=O)[C@@H]2CCCN2C2=NS(=O)(=O)c3ccccc32)c1. The molecule has 0 saturated carbocycles. The Morgan fingerprint density at radius 3 is 2.81 bits per heavy atom. The maximum Gasteiger partial charge on any atom is 0.285 e. The molecule has 2 aliphatic heterocycles. The van der Waals surface area contributed by atoms with Gasteiger partial charge in [-0.05, 0) is 49.6 Å². The van der Waals surface area contributed by atoms with Crippen molar-refractivity contribution in [3.05, 3.63) is 59.7 Å². The highest BCUT2D eigenvalue weighted by Crippen LogP contribution is 2.31. The molecule has 26 heavy (non-hydrogen) atoms. The number of hydrogen-bond donors (Lipinski definition) is 1. The number of fused-ring (bicyclic) bond motifs is 1. The third-order valence-corrected chi connectivity index (χ3v) is 6.05. The second-order valence-electron chi connectivity index (χ2n) is 6.60. The molecule has 2 aromatic carbocycles. The van der Waals surface area contributed by atoms with Crippen molar-refractivity contribution in [1.29, 1.82) is 0 Å². The Kier molecular flexibility index (Phi) is 4.03. The molecule has 1 fully saturated rings. The lowest BCUT2D eigenvalue weighted by Gasteiger charge is -2.25. The predicted molar refractivity (Wildman–Crippen MR) is 99.7 cm³/mol. The number of nitrogens with zero attached hydrogens (tertiary/aromatic N) is 2. The van der Waals surface area contributed by atoms with Crippen molar-refractivity contribution in [3.8, 4) is 0 Å². The number of carbonyl (C=O) groups is 1. The summed E-state index contributed by atoms with van der Waals surface area (Å²) >= 11 is 0. The average molecular weight is 369 g/mol. The van der Waals surface area contributed by atoms with Crippen LogP contribution >= 0.6 is 0 Å². The fourth-order valence-corrected chi connectivity index (χ4v) is 4.75. The first-order valence-corrected chi connectivity index (χ1v) is 9.98. The smallest absolute Gasteiger partial charge is 0.285 e. The highest BCUT2D eigenvalue weighted by atomic mass is 32.2. The molecule has 7 heteroatoms. The van der Waals surface area contributed by atoms with Crippen molar-refractivity contribution in [3.63, 3.8) is 0 Å². The minimum absolute atomic E-state index is 0.141. The molecule has 0 unspecified atom stereocenters. The van der Waals surface area contributed by atoms with E-state index in [2.05, 4.69) is 9.71 Å². The summed E-state index contributed by atoms with van der Waals surface area (Å²) in [5.41, 5.74) is 2.37. The van der Waals surface area contributed by atoms with Crippen LogP contribution < -0.4 is 5.32 Å². The third-order valence-electron chi connectivity index (χ3n) is 4.73. The molecule has 1 amide bonds. The van der Waals surface area contributed by atoms with Crippen molar-refractivity contribution in [2.45, 2.75) is 30.7 Å². The first-order valence-electron chi connectivity index (χ1n) is 8.54. The number of sulfonamides is 1. The van der Waals surface area contributed by atoms with Gasteiger partial charge in [0.05, 0.1) is 0 Å². The number of benzene rings is 2. The van der Waals surface area contributed by atoms with E-state index in [1.165, 1.54) is 0 Å². The second-order valence-corrected chi connectivity index (χ2v) is 8.17. The van der Waals surface area contributed by atoms with E-state index in [9.17, 15) is 13.2 Å². The van der Waals surface area contributed by atoms with Crippen LogP contribution in [0.4, 0.5) is 5.69 Å². The van der Waals surface area contributed by atoms with Gasteiger partial charge in [-0.3, -0.25) is 4.79 Å². The summed E-state index contributed by atoms with van der Waals surface area (Å²) < 4.78 is 28.6. The van der Waals surface area contributed by atoms with E-state index in [4.69, 9.17) is 0 Å². The zero-order valence-electron chi connectivity index (χ0n) is 14.3. The summed E-state index contributed by atoms with van der Waals surface area (Å²) in [6, 6.07) is 13.9. The number of amides is 1. The van der Waals surface area contributed by atoms with Crippen LogP contribution in [0.1, 0.15) is 24.0 Å². The van der Waals surface area contributed by atoms with Gasteiger partial charge < -0.3 is 10.2 Å². The Labute approximate surface area is 152 Å². The van der Waals surface area contributed by atoms with Crippen LogP contribution in [0.25, 0.3) is 0 Å². The van der Waals surface area contributed by atoms with E-state index in [0.717, 1.165) is 17.7 Å². The van der Waals surface area contributed by atoms with Crippen molar-refractivity contribution < 1.29 is 13.2 Å². The number of anilines is 1. The van der Waals surface area contributed by atoms with E-state index in [-0.39, 0.29) is 10.8 Å². The fourth-order valence-electron chi connectivity index (χ4n) is 3.54. The molecule has 4 rings (SSSR count). The molecule has 0 radical (unpaired) electrons. The molecule has 1 atom stereocenters. The van der Waals surface area contributed by atoms with Gasteiger partial charge in [0.15, 0.2) is 5.84 Å². The van der Waals surface area contributed by atoms with Crippen LogP contribution in [0.3, 0.4) is 0 Å². The first kappa shape index (κ1) is 16.8. The molecular formula is C19H19N3O3S. The number of amidine groups is 1. The maximum atomic E-state index is 12.8. The minimum atomic E-state index is -3.69. The fraction of sp³-hybridized carbons (Fsp3) is 0.263. The van der Waals surface area contributed by atoms with Crippen LogP contribution in [-0.4, -0.2) is 37.6 Å². The zero-order chi connectivity index (χ0) is 18.3. The Bertz CT molecular complexity index is 1010. The molecule has 2 aromatic rings. The molecule has 0 bridgehead atoms. The average Bonchev–Trinajstić information content (AvgIpc) is 3.18. The van der Waals surface area contributed by atoms with E-state index in [1.54, 1.807) is 24.3 Å². The van der Waals surface area contributed by atoms with Gasteiger partial charge in [-0.15, -0.1) is 4.40 Å². The number of likely N-dealkylation sites (tertiary alicyclic amines) is 1. The largest absolute Gasteiger partial charge is 0.343 e. The number of carbonyl (C=O) groups excluding carboxylic acids is 1. The maximum absolute atomic E-state index is 12.8. The van der Waals surface area contributed by atoms with Crippen LogP contribution in [0.2, 0.25) is 0 Å². The number of hydrogen-bond acceptors (Lipinski definition) is 4. The predicted octanol–water partition coefficient (Wildman–Crippen LogP) is 2.55. The van der Waals surface area contributed by atoms with Gasteiger partial charge in [-0.25, -0.2) is 0 Å². The standard InChI is InChI=1S/C19H19N3O3S/c1-13-6-4-7-14(12-13)20-19(23)16-9-5-11-22(16)18-15-8-2-3-10-17(15)26(24,25)21-18/h2-4,6-8,10,12,16H,5,9,11H2,1H3,(H,20,23)/t16-/m0/s1. The number of aryl methyl sites for hydroxylation is 1. The van der Waals surface area contributed by atoms with Gasteiger partial charge in [-0.2, -0.15) is 8.42 Å². The zero-order valence-corrected chi connectivity index (χ0v) is 15.2. The molecular weight excluding hydrogens is 350 g/mol. The summed E-state index contributed by atoms with van der Waals surface area (Å²) in [5.74, 6) is 0.236. The molecule has 2 heterocycles. The molecule has 2 aliphatic rings. The van der Waals surface area contributed by atoms with E-state index in [0.29, 0.717) is 24.4 Å². The Hall–Kier alpha value is -2.67. The van der Waals surface area contributed by atoms with E-state index < -0.39 is 16.1 Å². The van der Waals surface area contributed by atoms with E-state index in [1.807, 2.05) is 36.1 Å². The summed E-state index contributed by atoms with van der Waals surface area (Å²) in [6.45, 7) is 2.57. The monoisotopic (exact) mass is 369 g/mol. The van der Waals surface area contributed by atoms with Gasteiger partial charge in [0.1, 0.15) is 10.9 Å². The van der Waals surface area contributed by atoms with E-state index >= 15 is 0 Å². The van der Waals surface area contributed by atoms with Crippen LogP contribution in [0, 0.1) is 6.92 Å². The molecule has 1 saturated heterocycles. The highest BCUT2D eigenvalue weighted by Gasteiger charge is 2.39. The van der Waals surface area contributed by atoms with Crippen molar-refractivity contribution in [2.24, 2.45) is 4.40 Å². The van der Waals surface area contributed by atoms with Crippen LogP contribution in [0.5, 0.6) is 0 Å². The van der Waals surface area contributed by atoms with Gasteiger partial charge in [-0.1, -0.05) is 24.3 Å². The van der Waals surface area contributed by atoms with Gasteiger partial charge in [0.2, 0.25) is 5.91 Å². The number of rotatable bonds is 2. The lowest BCUT2D eigenvalue weighted by Crippen LogP contribution is -2.43. The molecule has 134 valence electrons. The van der Waals surface area contributed by atoms with Gasteiger partial charge >= 0.3 is 0 Å². The topological polar surface area (TPSA) is 78.8 Å². The molecule has 0 aliphatic carbocycles. The van der Waals surface area contributed by atoms with Gasteiger partial charge in [0.25, 0.3) is 10.0 Å². The molecule has 0 spiro atoms. The summed E-state index contributed by atoms with van der Waals surface area (Å²) in [4.78, 5) is 14.8. The Morgan fingerprint density at radius 1 is 1.19 bits per heavy atom. The van der Waals surface area contributed by atoms with Crippen LogP contribution in [-0.2, 0) is 14.8 Å². The summed E-state index contributed by atoms with van der Waals surface area (Å²) in [6.07, 6.45) is 1.48. The van der Waals surface area contributed by atoms with Crippen molar-refractivity contribution in [2.75, 3.05) is 11.9 Å². The lowest BCUT2D eigenvalue weighted by molar-refractivity contribution is -0.119. The Morgan fingerprint density at radius 2 is 2.00 bits per heavy atom. The quantitative estimate of drug-likeness (QED) is 0.882.